The van der Waals surface area contributed by atoms with E-state index in [4.69, 9.17) is 4.99 Å². The standard InChI is InChI=1S/C20H38N6.HI/c1-5-11-25(12-6-2)13-8-10-22-20(21-7-3)26-14-9-18(17-26)19-15-23-24(4)16-19;/h15-16,18H,5-14,17H2,1-4H3,(H,21,22);1H. The fourth-order valence-electron chi connectivity index (χ4n) is 3.75. The van der Waals surface area contributed by atoms with Gasteiger partial charge in [-0.15, -0.1) is 24.0 Å². The van der Waals surface area contributed by atoms with Crippen LogP contribution in [0.2, 0.25) is 0 Å². The summed E-state index contributed by atoms with van der Waals surface area (Å²) in [5, 5.41) is 7.80. The number of hydrogen-bond donors (Lipinski definition) is 1. The summed E-state index contributed by atoms with van der Waals surface area (Å²) in [6, 6.07) is 0. The molecule has 0 aromatic carbocycles. The Morgan fingerprint density at radius 1 is 1.26 bits per heavy atom. The Hall–Kier alpha value is -0.830. The Morgan fingerprint density at radius 3 is 2.59 bits per heavy atom. The van der Waals surface area contributed by atoms with Gasteiger partial charge in [0.15, 0.2) is 5.96 Å². The van der Waals surface area contributed by atoms with E-state index in [1.54, 1.807) is 0 Å². The largest absolute Gasteiger partial charge is 0.357 e. The smallest absolute Gasteiger partial charge is 0.193 e. The van der Waals surface area contributed by atoms with Gasteiger partial charge < -0.3 is 15.1 Å². The van der Waals surface area contributed by atoms with Crippen LogP contribution in [0.15, 0.2) is 17.4 Å². The summed E-state index contributed by atoms with van der Waals surface area (Å²) in [5.74, 6) is 1.65. The number of likely N-dealkylation sites (tertiary alicyclic amines) is 1. The van der Waals surface area contributed by atoms with Crippen LogP contribution in [0.5, 0.6) is 0 Å². The number of guanidine groups is 1. The average molecular weight is 490 g/mol. The lowest BCUT2D eigenvalue weighted by atomic mass is 10.0. The first-order valence-corrected chi connectivity index (χ1v) is 10.4. The number of nitrogens with one attached hydrogen (secondary N) is 1. The molecule has 0 bridgehead atoms. The molecular weight excluding hydrogens is 451 g/mol. The maximum Gasteiger partial charge on any atom is 0.193 e. The predicted octanol–water partition coefficient (Wildman–Crippen LogP) is 3.31. The summed E-state index contributed by atoms with van der Waals surface area (Å²) < 4.78 is 1.90. The van der Waals surface area contributed by atoms with Crippen LogP contribution in [0.4, 0.5) is 0 Å². The van der Waals surface area contributed by atoms with Crippen LogP contribution in [0.3, 0.4) is 0 Å². The molecule has 0 aliphatic carbocycles. The van der Waals surface area contributed by atoms with Crippen LogP contribution in [0, 0.1) is 0 Å². The van der Waals surface area contributed by atoms with E-state index in [0.29, 0.717) is 5.92 Å². The van der Waals surface area contributed by atoms with E-state index < -0.39 is 0 Å². The Morgan fingerprint density at radius 2 is 2.00 bits per heavy atom. The highest BCUT2D eigenvalue weighted by Gasteiger charge is 2.26. The molecule has 0 spiro atoms. The van der Waals surface area contributed by atoms with Crippen molar-refractivity contribution in [3.63, 3.8) is 0 Å². The van der Waals surface area contributed by atoms with Gasteiger partial charge in [0, 0.05) is 45.3 Å². The van der Waals surface area contributed by atoms with Gasteiger partial charge in [0.1, 0.15) is 0 Å². The molecular formula is C20H39IN6. The molecule has 1 aliphatic heterocycles. The summed E-state index contributed by atoms with van der Waals surface area (Å²) in [7, 11) is 1.99. The van der Waals surface area contributed by atoms with E-state index in [-0.39, 0.29) is 24.0 Å². The maximum atomic E-state index is 4.90. The number of aliphatic imine (C=N–C) groups is 1. The highest BCUT2D eigenvalue weighted by molar-refractivity contribution is 14.0. The molecule has 1 aromatic heterocycles. The van der Waals surface area contributed by atoms with Gasteiger partial charge in [-0.05, 0) is 57.8 Å². The van der Waals surface area contributed by atoms with Gasteiger partial charge in [-0.2, -0.15) is 5.10 Å². The first-order valence-electron chi connectivity index (χ1n) is 10.4. The molecule has 6 nitrogen and oxygen atoms in total. The van der Waals surface area contributed by atoms with Crippen molar-refractivity contribution in [1.82, 2.24) is 24.9 Å². The van der Waals surface area contributed by atoms with Gasteiger partial charge in [0.05, 0.1) is 6.20 Å². The number of nitrogens with zero attached hydrogens (tertiary/aromatic N) is 5. The van der Waals surface area contributed by atoms with Gasteiger partial charge in [0.2, 0.25) is 0 Å². The molecule has 0 amide bonds. The molecule has 1 saturated heterocycles. The molecule has 0 radical (unpaired) electrons. The molecule has 1 atom stereocenters. The summed E-state index contributed by atoms with van der Waals surface area (Å²) in [6.07, 6.45) is 8.93. The first kappa shape index (κ1) is 24.2. The summed E-state index contributed by atoms with van der Waals surface area (Å²) >= 11 is 0. The van der Waals surface area contributed by atoms with Crippen LogP contribution in [-0.4, -0.2) is 71.4 Å². The van der Waals surface area contributed by atoms with E-state index in [1.807, 2.05) is 17.9 Å². The van der Waals surface area contributed by atoms with Gasteiger partial charge >= 0.3 is 0 Å². The normalized spacial score (nSPS) is 17.4. The second-order valence-electron chi connectivity index (χ2n) is 7.31. The molecule has 1 aromatic rings. The molecule has 156 valence electrons. The van der Waals surface area contributed by atoms with Crippen LogP contribution >= 0.6 is 24.0 Å². The van der Waals surface area contributed by atoms with Crippen molar-refractivity contribution < 1.29 is 0 Å². The van der Waals surface area contributed by atoms with Gasteiger partial charge in [0.25, 0.3) is 0 Å². The second kappa shape index (κ2) is 13.4. The van der Waals surface area contributed by atoms with Gasteiger partial charge in [-0.25, -0.2) is 0 Å². The third kappa shape index (κ3) is 7.97. The highest BCUT2D eigenvalue weighted by Crippen LogP contribution is 2.26. The topological polar surface area (TPSA) is 48.7 Å². The molecule has 1 aliphatic rings. The summed E-state index contributed by atoms with van der Waals surface area (Å²) in [5.41, 5.74) is 1.35. The fourth-order valence-corrected chi connectivity index (χ4v) is 3.75. The fraction of sp³-hybridized carbons (Fsp3) is 0.800. The van der Waals surface area contributed by atoms with Crippen molar-refractivity contribution >= 4 is 29.9 Å². The maximum absolute atomic E-state index is 4.90. The molecule has 1 fully saturated rings. The zero-order valence-corrected chi connectivity index (χ0v) is 20.0. The first-order chi connectivity index (χ1) is 12.7. The van der Waals surface area contributed by atoms with Crippen molar-refractivity contribution in [1.29, 1.82) is 0 Å². The Bertz CT molecular complexity index is 538. The minimum atomic E-state index is 0. The quantitative estimate of drug-likeness (QED) is 0.237. The van der Waals surface area contributed by atoms with Crippen LogP contribution < -0.4 is 5.32 Å². The Balaban J connectivity index is 0.00000364. The lowest BCUT2D eigenvalue weighted by molar-refractivity contribution is 0.273. The number of aryl methyl sites for hydroxylation is 1. The van der Waals surface area contributed by atoms with E-state index in [2.05, 4.69) is 47.2 Å². The molecule has 2 rings (SSSR count). The monoisotopic (exact) mass is 490 g/mol. The third-order valence-electron chi connectivity index (χ3n) is 4.99. The van der Waals surface area contributed by atoms with E-state index >= 15 is 0 Å². The Labute approximate surface area is 182 Å². The number of hydrogen-bond acceptors (Lipinski definition) is 3. The summed E-state index contributed by atoms with van der Waals surface area (Å²) in [6.45, 7) is 14.2. The predicted molar refractivity (Wildman–Crippen MR) is 125 cm³/mol. The van der Waals surface area contributed by atoms with Crippen LogP contribution in [0.1, 0.15) is 57.9 Å². The number of aromatic nitrogens is 2. The molecule has 7 heteroatoms. The molecule has 27 heavy (non-hydrogen) atoms. The lowest BCUT2D eigenvalue weighted by Crippen LogP contribution is -2.40. The van der Waals surface area contributed by atoms with Crippen molar-refractivity contribution in [2.24, 2.45) is 12.0 Å². The van der Waals surface area contributed by atoms with E-state index in [0.717, 1.165) is 45.1 Å². The van der Waals surface area contributed by atoms with Crippen molar-refractivity contribution in [3.8, 4) is 0 Å². The van der Waals surface area contributed by atoms with Gasteiger partial charge in [-0.3, -0.25) is 9.67 Å². The zero-order chi connectivity index (χ0) is 18.8. The Kier molecular flexibility index (Phi) is 12.0. The minimum absolute atomic E-state index is 0. The van der Waals surface area contributed by atoms with Crippen molar-refractivity contribution in [3.05, 3.63) is 18.0 Å². The zero-order valence-electron chi connectivity index (χ0n) is 17.7. The van der Waals surface area contributed by atoms with Gasteiger partial charge in [-0.1, -0.05) is 13.8 Å². The minimum Gasteiger partial charge on any atom is -0.357 e. The average Bonchev–Trinajstić information content (AvgIpc) is 3.27. The van der Waals surface area contributed by atoms with E-state index in [9.17, 15) is 0 Å². The summed E-state index contributed by atoms with van der Waals surface area (Å²) in [4.78, 5) is 9.88. The van der Waals surface area contributed by atoms with Crippen LogP contribution in [0.25, 0.3) is 0 Å². The van der Waals surface area contributed by atoms with Crippen LogP contribution in [-0.2, 0) is 7.05 Å². The second-order valence-corrected chi connectivity index (χ2v) is 7.31. The lowest BCUT2D eigenvalue weighted by Gasteiger charge is -2.22. The molecule has 0 saturated carbocycles. The van der Waals surface area contributed by atoms with Crippen molar-refractivity contribution in [2.45, 2.75) is 52.4 Å². The SMILES string of the molecule is CCCN(CCC)CCCN=C(NCC)N1CCC(c2cnn(C)c2)C1.I. The molecule has 1 unspecified atom stereocenters. The number of halogens is 1. The van der Waals surface area contributed by atoms with Crippen molar-refractivity contribution in [2.75, 3.05) is 45.8 Å². The highest BCUT2D eigenvalue weighted by atomic mass is 127. The third-order valence-corrected chi connectivity index (χ3v) is 4.99. The molecule has 2 heterocycles. The molecule has 1 N–H and O–H groups in total. The van der Waals surface area contributed by atoms with E-state index in [1.165, 1.54) is 37.9 Å². The number of rotatable bonds is 10.